The lowest BCUT2D eigenvalue weighted by Crippen LogP contribution is -2.40. The first kappa shape index (κ1) is 14.9. The highest BCUT2D eigenvalue weighted by Gasteiger charge is 2.39. The lowest BCUT2D eigenvalue weighted by Gasteiger charge is -2.19. The van der Waals surface area contributed by atoms with Crippen molar-refractivity contribution in [2.24, 2.45) is 0 Å². The fourth-order valence-corrected chi connectivity index (χ4v) is 3.80. The van der Waals surface area contributed by atoms with Crippen LogP contribution in [-0.2, 0) is 26.1 Å². The molecule has 0 unspecified atom stereocenters. The number of carboxylic acid groups (broad SMARTS) is 1. The van der Waals surface area contributed by atoms with Gasteiger partial charge < -0.3 is 9.84 Å². The van der Waals surface area contributed by atoms with Gasteiger partial charge >= 0.3 is 5.97 Å². The van der Waals surface area contributed by atoms with E-state index in [9.17, 15) is 13.2 Å². The fourth-order valence-electron chi connectivity index (χ4n) is 2.19. The minimum atomic E-state index is -3.81. The zero-order valence-corrected chi connectivity index (χ0v) is 11.9. The average Bonchev–Trinajstić information content (AvgIpc) is 3.05. The summed E-state index contributed by atoms with van der Waals surface area (Å²) in [5.41, 5.74) is 0. The Bertz CT molecular complexity index is 583. The van der Waals surface area contributed by atoms with Crippen molar-refractivity contribution in [1.82, 2.24) is 14.1 Å². The summed E-state index contributed by atoms with van der Waals surface area (Å²) in [6, 6.07) is -0.984. The Morgan fingerprint density at radius 3 is 3.00 bits per heavy atom. The summed E-state index contributed by atoms with van der Waals surface area (Å²) in [5.74, 6) is -1.11. The van der Waals surface area contributed by atoms with Crippen LogP contribution in [0.3, 0.4) is 0 Å². The first-order valence-electron chi connectivity index (χ1n) is 6.23. The fraction of sp³-hybridized carbons (Fsp3) is 0.636. The van der Waals surface area contributed by atoms with Crippen molar-refractivity contribution in [3.63, 3.8) is 0 Å². The van der Waals surface area contributed by atoms with Crippen LogP contribution in [0.15, 0.2) is 17.3 Å². The molecule has 0 amide bonds. The first-order chi connectivity index (χ1) is 9.46. The van der Waals surface area contributed by atoms with Crippen LogP contribution >= 0.6 is 0 Å². The van der Waals surface area contributed by atoms with Crippen molar-refractivity contribution in [1.29, 1.82) is 0 Å². The maximum atomic E-state index is 12.4. The maximum absolute atomic E-state index is 12.4. The van der Waals surface area contributed by atoms with Gasteiger partial charge in [-0.15, -0.1) is 0 Å². The minimum absolute atomic E-state index is 0.0155. The third-order valence-corrected chi connectivity index (χ3v) is 5.09. The molecular formula is C11H17N3O5S. The molecule has 1 aromatic rings. The van der Waals surface area contributed by atoms with Gasteiger partial charge in [-0.25, -0.2) is 8.42 Å². The van der Waals surface area contributed by atoms with Crippen molar-refractivity contribution in [2.45, 2.75) is 30.3 Å². The highest BCUT2D eigenvalue weighted by molar-refractivity contribution is 7.89. The van der Waals surface area contributed by atoms with Gasteiger partial charge in [0, 0.05) is 19.9 Å². The maximum Gasteiger partial charge on any atom is 0.322 e. The molecule has 1 atom stereocenters. The van der Waals surface area contributed by atoms with Gasteiger partial charge in [0.25, 0.3) is 0 Å². The molecule has 1 aromatic heterocycles. The molecule has 1 fully saturated rings. The van der Waals surface area contributed by atoms with Crippen LogP contribution < -0.4 is 0 Å². The largest absolute Gasteiger partial charge is 0.480 e. The SMILES string of the molecule is COCCn1cc(S(=O)(=O)N2CCC[C@H]2C(=O)O)cn1. The van der Waals surface area contributed by atoms with Crippen molar-refractivity contribution in [2.75, 3.05) is 20.3 Å². The summed E-state index contributed by atoms with van der Waals surface area (Å²) in [5, 5.41) is 13.0. The van der Waals surface area contributed by atoms with Crippen LogP contribution in [0.1, 0.15) is 12.8 Å². The number of hydrogen-bond acceptors (Lipinski definition) is 5. The summed E-state index contributed by atoms with van der Waals surface area (Å²) in [6.45, 7) is 1.08. The lowest BCUT2D eigenvalue weighted by atomic mass is 10.2. The molecule has 1 aliphatic rings. The van der Waals surface area contributed by atoms with Gasteiger partial charge in [0.1, 0.15) is 10.9 Å². The molecule has 9 heteroatoms. The van der Waals surface area contributed by atoms with Crippen LogP contribution in [0, 0.1) is 0 Å². The lowest BCUT2D eigenvalue weighted by molar-refractivity contribution is -0.140. The molecule has 0 aliphatic carbocycles. The van der Waals surface area contributed by atoms with E-state index in [1.54, 1.807) is 7.11 Å². The number of nitrogens with zero attached hydrogens (tertiary/aromatic N) is 3. The summed E-state index contributed by atoms with van der Waals surface area (Å²) in [6.07, 6.45) is 3.52. The van der Waals surface area contributed by atoms with E-state index in [1.807, 2.05) is 0 Å². The second kappa shape index (κ2) is 5.90. The molecular weight excluding hydrogens is 286 g/mol. The Balaban J connectivity index is 2.21. The monoisotopic (exact) mass is 303 g/mol. The van der Waals surface area contributed by atoms with Crippen LogP contribution in [0.25, 0.3) is 0 Å². The average molecular weight is 303 g/mol. The quantitative estimate of drug-likeness (QED) is 0.778. The van der Waals surface area contributed by atoms with Crippen molar-refractivity contribution >= 4 is 16.0 Å². The number of hydrogen-bond donors (Lipinski definition) is 1. The van der Waals surface area contributed by atoms with Gasteiger partial charge in [-0.1, -0.05) is 0 Å². The van der Waals surface area contributed by atoms with E-state index < -0.39 is 22.0 Å². The summed E-state index contributed by atoms with van der Waals surface area (Å²) in [7, 11) is -2.26. The molecule has 8 nitrogen and oxygen atoms in total. The van der Waals surface area contributed by atoms with E-state index in [4.69, 9.17) is 9.84 Å². The first-order valence-corrected chi connectivity index (χ1v) is 7.67. The summed E-state index contributed by atoms with van der Waals surface area (Å²) >= 11 is 0. The predicted octanol–water partition coefficient (Wildman–Crippen LogP) is -0.233. The van der Waals surface area contributed by atoms with E-state index in [2.05, 4.69) is 5.10 Å². The summed E-state index contributed by atoms with van der Waals surface area (Å²) < 4.78 is 32.2. The van der Waals surface area contributed by atoms with Crippen molar-refractivity contribution < 1.29 is 23.1 Å². The van der Waals surface area contributed by atoms with E-state index in [-0.39, 0.29) is 11.4 Å². The summed E-state index contributed by atoms with van der Waals surface area (Å²) in [4.78, 5) is 11.1. The third kappa shape index (κ3) is 2.84. The molecule has 0 spiro atoms. The number of sulfonamides is 1. The predicted molar refractivity (Wildman–Crippen MR) is 68.7 cm³/mol. The van der Waals surface area contributed by atoms with E-state index >= 15 is 0 Å². The Labute approximate surface area is 117 Å². The van der Waals surface area contributed by atoms with Crippen molar-refractivity contribution in [3.05, 3.63) is 12.4 Å². The highest BCUT2D eigenvalue weighted by atomic mass is 32.2. The molecule has 0 bridgehead atoms. The number of carbonyl (C=O) groups is 1. The molecule has 1 N–H and O–H groups in total. The molecule has 2 rings (SSSR count). The number of carboxylic acids is 1. The number of rotatable bonds is 6. The molecule has 1 aliphatic heterocycles. The topological polar surface area (TPSA) is 102 Å². The number of aromatic nitrogens is 2. The molecule has 2 heterocycles. The van der Waals surface area contributed by atoms with Gasteiger partial charge in [-0.2, -0.15) is 9.40 Å². The molecule has 112 valence electrons. The second-order valence-corrected chi connectivity index (χ2v) is 6.43. The third-order valence-electron chi connectivity index (χ3n) is 3.23. The zero-order chi connectivity index (χ0) is 14.8. The van der Waals surface area contributed by atoms with Gasteiger partial charge in [0.2, 0.25) is 10.0 Å². The van der Waals surface area contributed by atoms with Gasteiger partial charge in [0.15, 0.2) is 0 Å². The van der Waals surface area contributed by atoms with Crippen LogP contribution in [0.4, 0.5) is 0 Å². The van der Waals surface area contributed by atoms with Crippen LogP contribution in [0.5, 0.6) is 0 Å². The van der Waals surface area contributed by atoms with Gasteiger partial charge in [0.05, 0.1) is 19.3 Å². The van der Waals surface area contributed by atoms with Crippen LogP contribution in [-0.4, -0.2) is 59.9 Å². The Kier molecular flexibility index (Phi) is 4.41. The van der Waals surface area contributed by atoms with E-state index in [0.717, 1.165) is 4.31 Å². The number of ether oxygens (including phenoxy) is 1. The van der Waals surface area contributed by atoms with Crippen LogP contribution in [0.2, 0.25) is 0 Å². The number of aliphatic carboxylic acids is 1. The van der Waals surface area contributed by atoms with Gasteiger partial charge in [-0.05, 0) is 12.8 Å². The minimum Gasteiger partial charge on any atom is -0.480 e. The smallest absolute Gasteiger partial charge is 0.322 e. The zero-order valence-electron chi connectivity index (χ0n) is 11.1. The second-order valence-electron chi connectivity index (χ2n) is 4.54. The van der Waals surface area contributed by atoms with E-state index in [1.165, 1.54) is 17.1 Å². The standard InChI is InChI=1S/C11H17N3O5S/c1-19-6-5-13-8-9(7-12-13)20(17,18)14-4-2-3-10(14)11(15)16/h7-8,10H,2-6H2,1H3,(H,15,16)/t10-/m0/s1. The van der Waals surface area contributed by atoms with Crippen molar-refractivity contribution in [3.8, 4) is 0 Å². The highest BCUT2D eigenvalue weighted by Crippen LogP contribution is 2.25. The Morgan fingerprint density at radius 1 is 1.60 bits per heavy atom. The van der Waals surface area contributed by atoms with Gasteiger partial charge in [-0.3, -0.25) is 9.48 Å². The Hall–Kier alpha value is -1.45. The van der Waals surface area contributed by atoms with E-state index in [0.29, 0.717) is 26.0 Å². The normalized spacial score (nSPS) is 20.4. The molecule has 0 aromatic carbocycles. The molecule has 20 heavy (non-hydrogen) atoms. The molecule has 0 radical (unpaired) electrons. The molecule has 0 saturated carbocycles. The Morgan fingerprint density at radius 2 is 2.35 bits per heavy atom. The molecule has 1 saturated heterocycles. The number of methoxy groups -OCH3 is 1.